The maximum atomic E-state index is 13.5. The van der Waals surface area contributed by atoms with Crippen molar-refractivity contribution in [3.8, 4) is 5.75 Å². The predicted octanol–water partition coefficient (Wildman–Crippen LogP) is 1.79. The Kier molecular flexibility index (Phi) is 4.76. The first-order chi connectivity index (χ1) is 9.08. The number of benzene rings is 1. The van der Waals surface area contributed by atoms with Crippen molar-refractivity contribution >= 4 is 21.8 Å². The van der Waals surface area contributed by atoms with Crippen molar-refractivity contribution < 1.29 is 13.9 Å². The zero-order chi connectivity index (χ0) is 13.8. The van der Waals surface area contributed by atoms with E-state index in [0.29, 0.717) is 4.47 Å². The minimum atomic E-state index is -0.479. The molecule has 1 aromatic carbocycles. The molecule has 1 aliphatic rings. The standard InChI is InChI=1S/C13H16BrFN2O2/c1-17(10-4-5-16-7-10)13(18)8-19-12-3-2-9(14)6-11(12)15/h2-3,6,10,16H,4-5,7-8H2,1H3. The van der Waals surface area contributed by atoms with Gasteiger partial charge in [0.05, 0.1) is 0 Å². The molecule has 1 N–H and O–H groups in total. The van der Waals surface area contributed by atoms with Gasteiger partial charge in [-0.3, -0.25) is 4.79 Å². The lowest BCUT2D eigenvalue weighted by molar-refractivity contribution is -0.133. The molecule has 0 aromatic heterocycles. The van der Waals surface area contributed by atoms with Gasteiger partial charge in [0.2, 0.25) is 0 Å². The first-order valence-electron chi connectivity index (χ1n) is 6.12. The first kappa shape index (κ1) is 14.3. The van der Waals surface area contributed by atoms with Crippen LogP contribution in [0.2, 0.25) is 0 Å². The molecular weight excluding hydrogens is 315 g/mol. The van der Waals surface area contributed by atoms with Gasteiger partial charge in [-0.1, -0.05) is 15.9 Å². The Morgan fingerprint density at radius 1 is 1.63 bits per heavy atom. The smallest absolute Gasteiger partial charge is 0.260 e. The molecule has 1 saturated heterocycles. The van der Waals surface area contributed by atoms with Crippen LogP contribution in [0.25, 0.3) is 0 Å². The summed E-state index contributed by atoms with van der Waals surface area (Å²) in [5.74, 6) is -0.530. The fraction of sp³-hybridized carbons (Fsp3) is 0.462. The third-order valence-corrected chi connectivity index (χ3v) is 3.71. The van der Waals surface area contributed by atoms with Crippen LogP contribution in [0.3, 0.4) is 0 Å². The molecule has 6 heteroatoms. The number of carbonyl (C=O) groups excluding carboxylic acids is 1. The second-order valence-electron chi connectivity index (χ2n) is 4.51. The van der Waals surface area contributed by atoms with E-state index in [1.54, 1.807) is 18.0 Å². The molecule has 104 valence electrons. The van der Waals surface area contributed by atoms with E-state index in [1.807, 2.05) is 0 Å². The number of halogens is 2. The zero-order valence-corrected chi connectivity index (χ0v) is 12.2. The normalized spacial score (nSPS) is 18.4. The fourth-order valence-electron chi connectivity index (χ4n) is 2.01. The highest BCUT2D eigenvalue weighted by Gasteiger charge is 2.23. The monoisotopic (exact) mass is 330 g/mol. The molecule has 1 heterocycles. The van der Waals surface area contributed by atoms with E-state index in [4.69, 9.17) is 4.74 Å². The molecule has 1 atom stereocenters. The Balaban J connectivity index is 1.89. The van der Waals surface area contributed by atoms with Crippen molar-refractivity contribution in [3.63, 3.8) is 0 Å². The van der Waals surface area contributed by atoms with Crippen LogP contribution in [-0.4, -0.2) is 43.6 Å². The second kappa shape index (κ2) is 6.34. The molecule has 0 aliphatic carbocycles. The van der Waals surface area contributed by atoms with Crippen LogP contribution in [-0.2, 0) is 4.79 Å². The molecule has 1 unspecified atom stereocenters. The van der Waals surface area contributed by atoms with Crippen molar-refractivity contribution in [2.45, 2.75) is 12.5 Å². The highest BCUT2D eigenvalue weighted by atomic mass is 79.9. The van der Waals surface area contributed by atoms with E-state index in [0.717, 1.165) is 19.5 Å². The molecule has 1 amide bonds. The Labute approximate surface area is 120 Å². The Morgan fingerprint density at radius 3 is 3.05 bits per heavy atom. The number of ether oxygens (including phenoxy) is 1. The van der Waals surface area contributed by atoms with Crippen molar-refractivity contribution in [1.29, 1.82) is 0 Å². The summed E-state index contributed by atoms with van der Waals surface area (Å²) in [6.07, 6.45) is 0.939. The van der Waals surface area contributed by atoms with Gasteiger partial charge in [-0.15, -0.1) is 0 Å². The number of nitrogens with one attached hydrogen (secondary N) is 1. The fourth-order valence-corrected chi connectivity index (χ4v) is 2.34. The minimum absolute atomic E-state index is 0.0921. The molecular formula is C13H16BrFN2O2. The maximum absolute atomic E-state index is 13.5. The summed E-state index contributed by atoms with van der Waals surface area (Å²) < 4.78 is 19.4. The summed E-state index contributed by atoms with van der Waals surface area (Å²) in [4.78, 5) is 13.6. The molecule has 1 aromatic rings. The number of nitrogens with zero attached hydrogens (tertiary/aromatic N) is 1. The summed E-state index contributed by atoms with van der Waals surface area (Å²) in [7, 11) is 1.75. The van der Waals surface area contributed by atoms with Crippen molar-refractivity contribution in [3.05, 3.63) is 28.5 Å². The lowest BCUT2D eigenvalue weighted by Gasteiger charge is -2.23. The van der Waals surface area contributed by atoms with Gasteiger partial charge in [0.15, 0.2) is 18.2 Å². The summed E-state index contributed by atoms with van der Waals surface area (Å²) >= 11 is 3.17. The SMILES string of the molecule is CN(C(=O)COc1ccc(Br)cc1F)C1CCNC1. The third kappa shape index (κ3) is 3.67. The van der Waals surface area contributed by atoms with E-state index in [2.05, 4.69) is 21.2 Å². The number of amides is 1. The van der Waals surface area contributed by atoms with Crippen LogP contribution >= 0.6 is 15.9 Å². The summed E-state index contributed by atoms with van der Waals surface area (Å²) in [6.45, 7) is 1.57. The third-order valence-electron chi connectivity index (χ3n) is 3.22. The van der Waals surface area contributed by atoms with Crippen molar-refractivity contribution in [1.82, 2.24) is 10.2 Å². The van der Waals surface area contributed by atoms with Crippen molar-refractivity contribution in [2.24, 2.45) is 0 Å². The van der Waals surface area contributed by atoms with Gasteiger partial charge in [0.1, 0.15) is 0 Å². The molecule has 0 spiro atoms. The van der Waals surface area contributed by atoms with Crippen LogP contribution in [0.5, 0.6) is 5.75 Å². The van der Waals surface area contributed by atoms with E-state index in [-0.39, 0.29) is 24.3 Å². The minimum Gasteiger partial charge on any atom is -0.481 e. The first-order valence-corrected chi connectivity index (χ1v) is 6.91. The number of likely N-dealkylation sites (N-methyl/N-ethyl adjacent to an activating group) is 1. The lowest BCUT2D eigenvalue weighted by Crippen LogP contribution is -2.40. The van der Waals surface area contributed by atoms with E-state index in [9.17, 15) is 9.18 Å². The van der Waals surface area contributed by atoms with Gasteiger partial charge >= 0.3 is 0 Å². The quantitative estimate of drug-likeness (QED) is 0.915. The Hall–Kier alpha value is -1.14. The molecule has 0 saturated carbocycles. The summed E-state index contributed by atoms with van der Waals surface area (Å²) in [5.41, 5.74) is 0. The number of carbonyl (C=O) groups is 1. The van der Waals surface area contributed by atoms with Gasteiger partial charge in [-0.05, 0) is 31.2 Å². The molecule has 0 radical (unpaired) electrons. The molecule has 0 bridgehead atoms. The average molecular weight is 331 g/mol. The van der Waals surface area contributed by atoms with Crippen LogP contribution < -0.4 is 10.1 Å². The second-order valence-corrected chi connectivity index (χ2v) is 5.43. The molecule has 4 nitrogen and oxygen atoms in total. The largest absolute Gasteiger partial charge is 0.481 e. The number of hydrogen-bond donors (Lipinski definition) is 1. The van der Waals surface area contributed by atoms with E-state index < -0.39 is 5.82 Å². The highest BCUT2D eigenvalue weighted by Crippen LogP contribution is 2.21. The van der Waals surface area contributed by atoms with Crippen LogP contribution in [0.1, 0.15) is 6.42 Å². The van der Waals surface area contributed by atoms with Gasteiger partial charge in [0.25, 0.3) is 5.91 Å². The maximum Gasteiger partial charge on any atom is 0.260 e. The highest BCUT2D eigenvalue weighted by molar-refractivity contribution is 9.10. The van der Waals surface area contributed by atoms with Gasteiger partial charge in [0, 0.05) is 24.1 Å². The summed E-state index contributed by atoms with van der Waals surface area (Å²) in [6, 6.07) is 4.69. The molecule has 2 rings (SSSR count). The topological polar surface area (TPSA) is 41.6 Å². The van der Waals surface area contributed by atoms with Crippen LogP contribution in [0, 0.1) is 5.82 Å². The predicted molar refractivity (Wildman–Crippen MR) is 73.6 cm³/mol. The van der Waals surface area contributed by atoms with Gasteiger partial charge in [-0.25, -0.2) is 4.39 Å². The zero-order valence-electron chi connectivity index (χ0n) is 10.7. The molecule has 1 aliphatic heterocycles. The van der Waals surface area contributed by atoms with E-state index >= 15 is 0 Å². The van der Waals surface area contributed by atoms with Crippen LogP contribution in [0.15, 0.2) is 22.7 Å². The summed E-state index contributed by atoms with van der Waals surface area (Å²) in [5, 5.41) is 3.20. The number of hydrogen-bond acceptors (Lipinski definition) is 3. The van der Waals surface area contributed by atoms with Gasteiger partial charge in [-0.2, -0.15) is 0 Å². The Bertz CT molecular complexity index is 464. The number of rotatable bonds is 4. The Morgan fingerprint density at radius 2 is 2.42 bits per heavy atom. The molecule has 1 fully saturated rings. The van der Waals surface area contributed by atoms with E-state index in [1.165, 1.54) is 12.1 Å². The lowest BCUT2D eigenvalue weighted by atomic mass is 10.2. The molecule has 19 heavy (non-hydrogen) atoms. The average Bonchev–Trinajstić information content (AvgIpc) is 2.90. The van der Waals surface area contributed by atoms with Gasteiger partial charge < -0.3 is 15.0 Å². The van der Waals surface area contributed by atoms with Crippen LogP contribution in [0.4, 0.5) is 4.39 Å². The van der Waals surface area contributed by atoms with Crippen molar-refractivity contribution in [2.75, 3.05) is 26.7 Å².